The minimum Gasteiger partial charge on any atom is -0.477 e. The fraction of sp³-hybridized carbons (Fsp3) is 0. The molecule has 0 amide bonds. The van der Waals surface area contributed by atoms with Crippen LogP contribution in [0.25, 0.3) is 22.0 Å². The molecule has 3 rings (SSSR count). The minimum atomic E-state index is -0.928. The van der Waals surface area contributed by atoms with E-state index in [1.54, 1.807) is 11.3 Å². The molecule has 3 nitrogen and oxygen atoms in total. The van der Waals surface area contributed by atoms with Gasteiger partial charge in [-0.2, -0.15) is 11.3 Å². The third-order valence-corrected chi connectivity index (χ3v) is 3.41. The molecule has 2 heterocycles. The lowest BCUT2D eigenvalue weighted by Gasteiger charge is -1.97. The van der Waals surface area contributed by atoms with Crippen LogP contribution in [0.3, 0.4) is 0 Å². The number of thiophene rings is 1. The van der Waals surface area contributed by atoms with Crippen LogP contribution in [0, 0.1) is 0 Å². The molecule has 0 aliphatic heterocycles. The maximum Gasteiger partial charge on any atom is 0.352 e. The van der Waals surface area contributed by atoms with Gasteiger partial charge in [0.2, 0.25) is 0 Å². The molecule has 0 unspecified atom stereocenters. The summed E-state index contributed by atoms with van der Waals surface area (Å²) < 4.78 is 0. The van der Waals surface area contributed by atoms with Gasteiger partial charge in [0, 0.05) is 16.5 Å². The van der Waals surface area contributed by atoms with Crippen LogP contribution in [0.2, 0.25) is 0 Å². The van der Waals surface area contributed by atoms with Crippen LogP contribution in [0.15, 0.2) is 41.1 Å². The van der Waals surface area contributed by atoms with E-state index in [0.29, 0.717) is 0 Å². The minimum absolute atomic E-state index is 0.254. The van der Waals surface area contributed by atoms with Crippen LogP contribution in [-0.4, -0.2) is 16.1 Å². The van der Waals surface area contributed by atoms with Crippen LogP contribution in [0.1, 0.15) is 10.5 Å². The predicted octanol–water partition coefficient (Wildman–Crippen LogP) is 3.59. The van der Waals surface area contributed by atoms with Gasteiger partial charge in [-0.25, -0.2) is 4.79 Å². The third kappa shape index (κ3) is 1.54. The summed E-state index contributed by atoms with van der Waals surface area (Å²) in [7, 11) is 0. The number of rotatable bonds is 2. The van der Waals surface area contributed by atoms with Gasteiger partial charge in [-0.05, 0) is 28.5 Å². The monoisotopic (exact) mass is 243 g/mol. The highest BCUT2D eigenvalue weighted by atomic mass is 32.1. The Bertz CT molecular complexity index is 683. The van der Waals surface area contributed by atoms with Crippen molar-refractivity contribution in [2.75, 3.05) is 0 Å². The largest absolute Gasteiger partial charge is 0.477 e. The molecule has 0 aliphatic rings. The topological polar surface area (TPSA) is 53.1 Å². The molecule has 0 radical (unpaired) electrons. The van der Waals surface area contributed by atoms with Crippen LogP contribution < -0.4 is 0 Å². The van der Waals surface area contributed by atoms with Gasteiger partial charge in [-0.1, -0.05) is 18.2 Å². The van der Waals surface area contributed by atoms with Gasteiger partial charge in [0.25, 0.3) is 0 Å². The number of hydrogen-bond donors (Lipinski definition) is 2. The van der Waals surface area contributed by atoms with Crippen LogP contribution >= 0.6 is 11.3 Å². The van der Waals surface area contributed by atoms with E-state index in [1.807, 2.05) is 41.1 Å². The van der Waals surface area contributed by atoms with Gasteiger partial charge in [0.1, 0.15) is 5.69 Å². The highest BCUT2D eigenvalue weighted by Crippen LogP contribution is 2.33. The van der Waals surface area contributed by atoms with Crippen molar-refractivity contribution >= 4 is 28.2 Å². The molecule has 84 valence electrons. The van der Waals surface area contributed by atoms with E-state index in [9.17, 15) is 9.90 Å². The van der Waals surface area contributed by atoms with E-state index in [2.05, 4.69) is 4.98 Å². The second-order valence-electron chi connectivity index (χ2n) is 3.74. The first-order valence-electron chi connectivity index (χ1n) is 5.14. The van der Waals surface area contributed by atoms with E-state index < -0.39 is 5.97 Å². The van der Waals surface area contributed by atoms with Gasteiger partial charge in [0.05, 0.1) is 0 Å². The zero-order valence-corrected chi connectivity index (χ0v) is 9.62. The number of aromatic nitrogens is 1. The number of carboxylic acid groups (broad SMARTS) is 1. The Hall–Kier alpha value is -2.07. The van der Waals surface area contributed by atoms with E-state index >= 15 is 0 Å². The molecule has 0 spiro atoms. The molecule has 0 saturated heterocycles. The number of H-pyrrole nitrogens is 1. The summed E-state index contributed by atoms with van der Waals surface area (Å²) in [6, 6.07) is 9.56. The number of nitrogens with one attached hydrogen (secondary N) is 1. The number of aromatic carboxylic acids is 1. The zero-order chi connectivity index (χ0) is 11.8. The van der Waals surface area contributed by atoms with Gasteiger partial charge in [-0.15, -0.1) is 0 Å². The molecule has 3 aromatic rings. The average molecular weight is 243 g/mol. The molecule has 0 atom stereocenters. The summed E-state index contributed by atoms with van der Waals surface area (Å²) in [5.74, 6) is -0.928. The Morgan fingerprint density at radius 2 is 2.06 bits per heavy atom. The first kappa shape index (κ1) is 10.1. The molecule has 0 bridgehead atoms. The van der Waals surface area contributed by atoms with Crippen LogP contribution in [-0.2, 0) is 0 Å². The fourth-order valence-electron chi connectivity index (χ4n) is 2.01. The van der Waals surface area contributed by atoms with Crippen molar-refractivity contribution in [2.24, 2.45) is 0 Å². The van der Waals surface area contributed by atoms with Crippen molar-refractivity contribution in [1.29, 1.82) is 0 Å². The molecule has 17 heavy (non-hydrogen) atoms. The number of aromatic amines is 1. The smallest absolute Gasteiger partial charge is 0.352 e. The summed E-state index contributed by atoms with van der Waals surface area (Å²) in [4.78, 5) is 14.2. The summed E-state index contributed by atoms with van der Waals surface area (Å²) in [5, 5.41) is 14.1. The molecule has 0 saturated carbocycles. The number of carboxylic acids is 1. The average Bonchev–Trinajstić information content (AvgIpc) is 2.94. The van der Waals surface area contributed by atoms with Crippen molar-refractivity contribution < 1.29 is 9.90 Å². The van der Waals surface area contributed by atoms with Gasteiger partial charge in [-0.3, -0.25) is 0 Å². The molecule has 2 N–H and O–H groups in total. The van der Waals surface area contributed by atoms with Crippen LogP contribution in [0.5, 0.6) is 0 Å². The highest BCUT2D eigenvalue weighted by molar-refractivity contribution is 7.08. The molecule has 4 heteroatoms. The normalized spacial score (nSPS) is 10.8. The molecule has 2 aromatic heterocycles. The summed E-state index contributed by atoms with van der Waals surface area (Å²) >= 11 is 1.56. The molecule has 0 aliphatic carbocycles. The first-order chi connectivity index (χ1) is 8.27. The summed E-state index contributed by atoms with van der Waals surface area (Å²) in [6.45, 7) is 0. The van der Waals surface area contributed by atoms with Crippen molar-refractivity contribution in [1.82, 2.24) is 4.98 Å². The zero-order valence-electron chi connectivity index (χ0n) is 8.81. The second-order valence-corrected chi connectivity index (χ2v) is 4.52. The lowest BCUT2D eigenvalue weighted by atomic mass is 10.1. The van der Waals surface area contributed by atoms with Crippen molar-refractivity contribution in [2.45, 2.75) is 0 Å². The van der Waals surface area contributed by atoms with Gasteiger partial charge in [0.15, 0.2) is 0 Å². The van der Waals surface area contributed by atoms with Crippen molar-refractivity contribution in [3.63, 3.8) is 0 Å². The Morgan fingerprint density at radius 3 is 2.76 bits per heavy atom. The third-order valence-electron chi connectivity index (χ3n) is 2.73. The Morgan fingerprint density at radius 1 is 1.24 bits per heavy atom. The maximum atomic E-state index is 11.3. The highest BCUT2D eigenvalue weighted by Gasteiger charge is 2.18. The quantitative estimate of drug-likeness (QED) is 0.722. The standard InChI is InChI=1S/C13H9NO2S/c15-13(16)12-11(8-5-6-17-7-8)9-3-1-2-4-10(9)14-12/h1-7,14H,(H,15,16). The van der Waals surface area contributed by atoms with E-state index in [1.165, 1.54) is 0 Å². The fourth-order valence-corrected chi connectivity index (χ4v) is 2.66. The second kappa shape index (κ2) is 3.75. The summed E-state index contributed by atoms with van der Waals surface area (Å²) in [5.41, 5.74) is 2.83. The number of fused-ring (bicyclic) bond motifs is 1. The van der Waals surface area contributed by atoms with Gasteiger partial charge < -0.3 is 10.1 Å². The molecular weight excluding hydrogens is 234 g/mol. The Kier molecular flexibility index (Phi) is 2.23. The lowest BCUT2D eigenvalue weighted by molar-refractivity contribution is 0.0692. The van der Waals surface area contributed by atoms with E-state index in [4.69, 9.17) is 0 Å². The summed E-state index contributed by atoms with van der Waals surface area (Å²) in [6.07, 6.45) is 0. The number of hydrogen-bond acceptors (Lipinski definition) is 2. The Balaban J connectivity index is 2.40. The van der Waals surface area contributed by atoms with Gasteiger partial charge >= 0.3 is 5.97 Å². The SMILES string of the molecule is O=C(O)c1[nH]c2ccccc2c1-c1ccsc1. The number of benzene rings is 1. The first-order valence-corrected chi connectivity index (χ1v) is 6.08. The van der Waals surface area contributed by atoms with Crippen LogP contribution in [0.4, 0.5) is 0 Å². The predicted molar refractivity (Wildman–Crippen MR) is 68.6 cm³/mol. The lowest BCUT2D eigenvalue weighted by Crippen LogP contribution is -1.98. The number of carbonyl (C=O) groups is 1. The maximum absolute atomic E-state index is 11.3. The van der Waals surface area contributed by atoms with Crippen molar-refractivity contribution in [3.05, 3.63) is 46.8 Å². The van der Waals surface area contributed by atoms with Crippen molar-refractivity contribution in [3.8, 4) is 11.1 Å². The Labute approximate surface area is 101 Å². The molecule has 0 fully saturated rings. The molecule has 1 aromatic carbocycles. The molecular formula is C13H9NO2S. The number of para-hydroxylation sites is 1. The van der Waals surface area contributed by atoms with E-state index in [-0.39, 0.29) is 5.69 Å². The van der Waals surface area contributed by atoms with E-state index in [0.717, 1.165) is 22.0 Å².